The molecule has 0 bridgehead atoms. The topological polar surface area (TPSA) is 58.7 Å². The van der Waals surface area contributed by atoms with Gasteiger partial charge in [-0.05, 0) is 66.9 Å². The van der Waals surface area contributed by atoms with Crippen molar-refractivity contribution in [3.8, 4) is 5.75 Å². The van der Waals surface area contributed by atoms with Crippen LogP contribution in [0.5, 0.6) is 5.75 Å². The third-order valence-corrected chi connectivity index (χ3v) is 5.85. The Labute approximate surface area is 185 Å². The summed E-state index contributed by atoms with van der Waals surface area (Å²) in [5, 5.41) is 7.06. The summed E-state index contributed by atoms with van der Waals surface area (Å²) in [4.78, 5) is 6.59. The molecule has 0 amide bonds. The quantitative estimate of drug-likeness (QED) is 0.614. The Hall–Kier alpha value is -2.25. The lowest BCUT2D eigenvalue weighted by Gasteiger charge is -2.26. The van der Waals surface area contributed by atoms with Crippen molar-refractivity contribution in [1.29, 1.82) is 0 Å². The van der Waals surface area contributed by atoms with E-state index in [0.29, 0.717) is 6.61 Å². The van der Waals surface area contributed by atoms with E-state index in [4.69, 9.17) is 9.47 Å². The van der Waals surface area contributed by atoms with Gasteiger partial charge in [0.25, 0.3) is 0 Å². The molecule has 6 nitrogen and oxygen atoms in total. The molecule has 1 aromatic carbocycles. The van der Waals surface area contributed by atoms with E-state index < -0.39 is 0 Å². The number of nitrogens with one attached hydrogen (secondary N) is 2. The molecule has 2 aromatic rings. The van der Waals surface area contributed by atoms with Crippen LogP contribution in [0.25, 0.3) is 12.2 Å². The Morgan fingerprint density at radius 1 is 1.19 bits per heavy atom. The van der Waals surface area contributed by atoms with E-state index in [0.717, 1.165) is 81.8 Å². The zero-order valence-electron chi connectivity index (χ0n) is 18.3. The van der Waals surface area contributed by atoms with Crippen molar-refractivity contribution in [2.75, 3.05) is 59.1 Å². The van der Waals surface area contributed by atoms with Gasteiger partial charge in [0, 0.05) is 38.6 Å². The van der Waals surface area contributed by atoms with Gasteiger partial charge in [0.15, 0.2) is 0 Å². The first-order valence-corrected chi connectivity index (χ1v) is 11.4. The maximum Gasteiger partial charge on any atom is 0.120 e. The summed E-state index contributed by atoms with van der Waals surface area (Å²) in [6, 6.07) is 10.5. The first-order valence-electron chi connectivity index (χ1n) is 11.4. The number of morpholine rings is 1. The van der Waals surface area contributed by atoms with Crippen LogP contribution in [-0.2, 0) is 11.3 Å². The van der Waals surface area contributed by atoms with Crippen LogP contribution in [-0.4, -0.2) is 69.0 Å². The first-order chi connectivity index (χ1) is 15.3. The zero-order valence-corrected chi connectivity index (χ0v) is 18.3. The van der Waals surface area contributed by atoms with E-state index in [-0.39, 0.29) is 0 Å². The van der Waals surface area contributed by atoms with Crippen LogP contribution >= 0.6 is 0 Å². The molecule has 31 heavy (non-hydrogen) atoms. The largest absolute Gasteiger partial charge is 0.492 e. The molecule has 0 radical (unpaired) electrons. The van der Waals surface area contributed by atoms with Crippen LogP contribution < -0.4 is 15.4 Å². The van der Waals surface area contributed by atoms with Crippen LogP contribution in [0.15, 0.2) is 42.7 Å². The third-order valence-electron chi connectivity index (χ3n) is 5.85. The molecule has 2 saturated heterocycles. The maximum atomic E-state index is 6.16. The van der Waals surface area contributed by atoms with Gasteiger partial charge in [-0.15, -0.1) is 0 Å². The maximum absolute atomic E-state index is 6.16. The molecular formula is C25H34N4O2. The average Bonchev–Trinajstić information content (AvgIpc) is 3.33. The molecule has 2 aliphatic rings. The highest BCUT2D eigenvalue weighted by atomic mass is 16.5. The molecule has 4 rings (SSSR count). The van der Waals surface area contributed by atoms with Gasteiger partial charge in [-0.2, -0.15) is 0 Å². The lowest BCUT2D eigenvalue weighted by Crippen LogP contribution is -2.38. The van der Waals surface area contributed by atoms with Crippen LogP contribution in [0.3, 0.4) is 0 Å². The van der Waals surface area contributed by atoms with E-state index in [9.17, 15) is 0 Å². The second-order valence-electron chi connectivity index (χ2n) is 8.32. The summed E-state index contributed by atoms with van der Waals surface area (Å²) in [6.07, 6.45) is 9.16. The summed E-state index contributed by atoms with van der Waals surface area (Å²) in [6.45, 7) is 9.41. The molecule has 6 heteroatoms. The number of rotatable bonds is 10. The minimum atomic E-state index is 0.691. The molecule has 2 aliphatic heterocycles. The van der Waals surface area contributed by atoms with Crippen LogP contribution in [0.1, 0.15) is 23.1 Å². The SMILES string of the molecule is C(=C\c1cc(CNCC2CCNC2)cc(OCCN2CCOCC2)c1)/c1cccnc1. The monoisotopic (exact) mass is 422 g/mol. The molecule has 2 N–H and O–H groups in total. The Bertz CT molecular complexity index is 816. The van der Waals surface area contributed by atoms with Gasteiger partial charge < -0.3 is 20.1 Å². The molecule has 1 atom stereocenters. The summed E-state index contributed by atoms with van der Waals surface area (Å²) in [7, 11) is 0. The lowest BCUT2D eigenvalue weighted by atomic mass is 10.1. The number of hydrogen-bond donors (Lipinski definition) is 2. The molecule has 0 saturated carbocycles. The number of nitrogens with zero attached hydrogens (tertiary/aromatic N) is 2. The van der Waals surface area contributed by atoms with Gasteiger partial charge in [0.1, 0.15) is 12.4 Å². The van der Waals surface area contributed by atoms with Gasteiger partial charge in [-0.1, -0.05) is 24.3 Å². The zero-order chi connectivity index (χ0) is 21.1. The molecule has 3 heterocycles. The number of hydrogen-bond acceptors (Lipinski definition) is 6. The van der Waals surface area contributed by atoms with Gasteiger partial charge in [-0.25, -0.2) is 0 Å². The van der Waals surface area contributed by atoms with Crippen LogP contribution in [0.4, 0.5) is 0 Å². The Morgan fingerprint density at radius 2 is 2.10 bits per heavy atom. The Kier molecular flexibility index (Phi) is 8.47. The molecule has 1 aromatic heterocycles. The standard InChI is InChI=1S/C25H34N4O2/c1-2-21(17-26-6-1)3-4-22-14-24(20-28-19-23-5-7-27-18-23)16-25(15-22)31-13-10-29-8-11-30-12-9-29/h1-4,6,14-17,23,27-28H,5,7-13,18-20H2/b4-3+. The van der Waals surface area contributed by atoms with Crippen molar-refractivity contribution in [3.63, 3.8) is 0 Å². The van der Waals surface area contributed by atoms with Crippen molar-refractivity contribution in [1.82, 2.24) is 20.5 Å². The molecule has 0 aliphatic carbocycles. The predicted octanol–water partition coefficient (Wildman–Crippen LogP) is 2.66. The Morgan fingerprint density at radius 3 is 2.90 bits per heavy atom. The fraction of sp³-hybridized carbons (Fsp3) is 0.480. The molecule has 0 spiro atoms. The van der Waals surface area contributed by atoms with Crippen molar-refractivity contribution in [2.45, 2.75) is 13.0 Å². The highest BCUT2D eigenvalue weighted by molar-refractivity contribution is 5.70. The molecular weight excluding hydrogens is 388 g/mol. The van der Waals surface area contributed by atoms with E-state index in [1.165, 1.54) is 12.0 Å². The second kappa shape index (κ2) is 12.0. The third kappa shape index (κ3) is 7.43. The smallest absolute Gasteiger partial charge is 0.120 e. The van der Waals surface area contributed by atoms with E-state index >= 15 is 0 Å². The fourth-order valence-electron chi connectivity index (χ4n) is 4.06. The van der Waals surface area contributed by atoms with Crippen molar-refractivity contribution < 1.29 is 9.47 Å². The number of pyridine rings is 1. The minimum absolute atomic E-state index is 0.691. The normalized spacial score (nSPS) is 19.8. The van der Waals surface area contributed by atoms with E-state index in [2.05, 4.69) is 56.9 Å². The van der Waals surface area contributed by atoms with E-state index in [1.807, 2.05) is 12.3 Å². The van der Waals surface area contributed by atoms with Gasteiger partial charge in [0.2, 0.25) is 0 Å². The van der Waals surface area contributed by atoms with Crippen molar-refractivity contribution in [2.24, 2.45) is 5.92 Å². The van der Waals surface area contributed by atoms with E-state index in [1.54, 1.807) is 6.20 Å². The number of benzene rings is 1. The highest BCUT2D eigenvalue weighted by Crippen LogP contribution is 2.20. The first kappa shape index (κ1) is 22.0. The number of ether oxygens (including phenoxy) is 2. The van der Waals surface area contributed by atoms with Gasteiger partial charge in [-0.3, -0.25) is 9.88 Å². The summed E-state index contributed by atoms with van der Waals surface area (Å²) in [5.41, 5.74) is 3.49. The average molecular weight is 423 g/mol. The summed E-state index contributed by atoms with van der Waals surface area (Å²) >= 11 is 0. The second-order valence-corrected chi connectivity index (χ2v) is 8.32. The predicted molar refractivity (Wildman–Crippen MR) is 125 cm³/mol. The highest BCUT2D eigenvalue weighted by Gasteiger charge is 2.14. The van der Waals surface area contributed by atoms with Crippen molar-refractivity contribution >= 4 is 12.2 Å². The molecule has 1 unspecified atom stereocenters. The summed E-state index contributed by atoms with van der Waals surface area (Å²) in [5.74, 6) is 1.67. The minimum Gasteiger partial charge on any atom is -0.492 e. The van der Waals surface area contributed by atoms with Crippen LogP contribution in [0.2, 0.25) is 0 Å². The lowest BCUT2D eigenvalue weighted by molar-refractivity contribution is 0.0322. The van der Waals surface area contributed by atoms with Crippen LogP contribution in [0, 0.1) is 5.92 Å². The fourth-order valence-corrected chi connectivity index (χ4v) is 4.06. The van der Waals surface area contributed by atoms with Crippen molar-refractivity contribution in [3.05, 3.63) is 59.4 Å². The summed E-state index contributed by atoms with van der Waals surface area (Å²) < 4.78 is 11.6. The molecule has 2 fully saturated rings. The van der Waals surface area contributed by atoms with Gasteiger partial charge in [0.05, 0.1) is 13.2 Å². The van der Waals surface area contributed by atoms with Gasteiger partial charge >= 0.3 is 0 Å². The number of aromatic nitrogens is 1. The molecule has 166 valence electrons. The Balaban J connectivity index is 1.38.